The number of carbonyl (C=O) groups excluding carboxylic acids is 1. The third kappa shape index (κ3) is 6.24. The van der Waals surface area contributed by atoms with E-state index in [1.165, 1.54) is 53.8 Å². The molecular formula is C39H41N3O2. The van der Waals surface area contributed by atoms with Gasteiger partial charge >= 0.3 is 0 Å². The predicted molar refractivity (Wildman–Crippen MR) is 175 cm³/mol. The Kier molecular flexibility index (Phi) is 7.44. The first-order valence-electron chi connectivity index (χ1n) is 16.1. The summed E-state index contributed by atoms with van der Waals surface area (Å²) in [5.41, 5.74) is 11.0. The second kappa shape index (κ2) is 11.4. The number of aliphatic imine (C=N–C) groups is 1. The predicted octanol–water partition coefficient (Wildman–Crippen LogP) is 8.20. The van der Waals surface area contributed by atoms with E-state index in [2.05, 4.69) is 91.6 Å². The highest BCUT2D eigenvalue weighted by molar-refractivity contribution is 6.05. The summed E-state index contributed by atoms with van der Waals surface area (Å²) in [5, 5.41) is 4.10. The Bertz CT molecular complexity index is 1730. The van der Waals surface area contributed by atoms with Crippen LogP contribution in [0.25, 0.3) is 5.70 Å². The van der Waals surface area contributed by atoms with Gasteiger partial charge in [-0.25, -0.2) is 0 Å². The Morgan fingerprint density at radius 3 is 2.43 bits per heavy atom. The van der Waals surface area contributed by atoms with Gasteiger partial charge in [0.1, 0.15) is 11.5 Å². The average Bonchev–Trinajstić information content (AvgIpc) is 3.28. The molecule has 1 atom stereocenters. The molecule has 1 fully saturated rings. The smallest absolute Gasteiger partial charge is 0.143 e. The molecule has 0 spiro atoms. The molecule has 5 nitrogen and oxygen atoms in total. The zero-order valence-corrected chi connectivity index (χ0v) is 26.1. The maximum absolute atomic E-state index is 12.7. The standard InChI is InChI=1S/C39H41N3O2/c1-38(2,3)37-24-31(42-44-37)23-32(43)21-26-7-10-28(11-8-26)35-25-34-33-12-9-27(20-29(33)22-36(34)41-35)13-15-39(17-18-39)16-14-30-6-4-5-19-40-30/h4-12,19-20,24-25,34H,13-18,21-23H2,1-3H3. The number of hydrogen-bond donors (Lipinski definition) is 0. The Labute approximate surface area is 260 Å². The normalized spacial score (nSPS) is 18.0. The van der Waals surface area contributed by atoms with Gasteiger partial charge in [0.2, 0.25) is 0 Å². The van der Waals surface area contributed by atoms with Crippen molar-refractivity contribution in [2.24, 2.45) is 10.4 Å². The van der Waals surface area contributed by atoms with Crippen molar-refractivity contribution in [2.75, 3.05) is 0 Å². The highest BCUT2D eigenvalue weighted by Gasteiger charge is 2.41. The molecule has 0 saturated heterocycles. The quantitative estimate of drug-likeness (QED) is 0.178. The molecule has 0 bridgehead atoms. The van der Waals surface area contributed by atoms with Gasteiger partial charge in [-0.3, -0.25) is 14.8 Å². The summed E-state index contributed by atoms with van der Waals surface area (Å²) in [7, 11) is 0. The van der Waals surface area contributed by atoms with Crippen LogP contribution in [0.3, 0.4) is 0 Å². The molecule has 2 aliphatic carbocycles. The molecule has 1 saturated carbocycles. The van der Waals surface area contributed by atoms with Crippen LogP contribution in [0.1, 0.15) is 97.3 Å². The van der Waals surface area contributed by atoms with E-state index in [1.54, 1.807) is 0 Å². The number of aromatic nitrogens is 2. The second-order valence-corrected chi connectivity index (χ2v) is 14.2. The monoisotopic (exact) mass is 583 g/mol. The molecule has 0 amide bonds. The maximum Gasteiger partial charge on any atom is 0.143 e. The summed E-state index contributed by atoms with van der Waals surface area (Å²) in [6.45, 7) is 6.22. The fourth-order valence-corrected chi connectivity index (χ4v) is 6.75. The van der Waals surface area contributed by atoms with Crippen LogP contribution < -0.4 is 0 Å². The number of Topliss-reactive ketones (excluding diaryl/α,β-unsaturated/α-hetero) is 1. The summed E-state index contributed by atoms with van der Waals surface area (Å²) in [6, 6.07) is 23.6. The van der Waals surface area contributed by atoms with Crippen LogP contribution in [0.2, 0.25) is 0 Å². The number of benzene rings is 2. The maximum atomic E-state index is 12.7. The van der Waals surface area contributed by atoms with E-state index in [4.69, 9.17) is 9.52 Å². The number of allylic oxidation sites excluding steroid dienone is 1. The van der Waals surface area contributed by atoms with Crippen molar-refractivity contribution in [2.45, 2.75) is 89.9 Å². The lowest BCUT2D eigenvalue weighted by Crippen LogP contribution is -2.09. The lowest BCUT2D eigenvalue weighted by atomic mass is 9.90. The number of nitrogens with zero attached hydrogens (tertiary/aromatic N) is 3. The van der Waals surface area contributed by atoms with Crippen molar-refractivity contribution in [1.29, 1.82) is 0 Å². The minimum atomic E-state index is -0.118. The first-order valence-corrected chi connectivity index (χ1v) is 16.1. The van der Waals surface area contributed by atoms with E-state index in [-0.39, 0.29) is 23.5 Å². The minimum Gasteiger partial charge on any atom is -0.361 e. The molecule has 2 aromatic heterocycles. The number of hydrogen-bond acceptors (Lipinski definition) is 5. The van der Waals surface area contributed by atoms with Crippen LogP contribution in [0.15, 0.2) is 88.5 Å². The molecule has 3 heterocycles. The van der Waals surface area contributed by atoms with Crippen molar-refractivity contribution in [3.05, 3.63) is 124 Å². The number of pyridine rings is 1. The van der Waals surface area contributed by atoms with Gasteiger partial charge in [0.05, 0.1) is 17.8 Å². The topological polar surface area (TPSA) is 68.3 Å². The summed E-state index contributed by atoms with van der Waals surface area (Å²) in [5.74, 6) is 1.22. The molecule has 5 heteroatoms. The van der Waals surface area contributed by atoms with Crippen molar-refractivity contribution >= 4 is 17.2 Å². The van der Waals surface area contributed by atoms with E-state index < -0.39 is 0 Å². The van der Waals surface area contributed by atoms with Crippen LogP contribution in [0.5, 0.6) is 0 Å². The van der Waals surface area contributed by atoms with Gasteiger partial charge in [0.25, 0.3) is 0 Å². The molecule has 0 radical (unpaired) electrons. The minimum absolute atomic E-state index is 0.118. The van der Waals surface area contributed by atoms with E-state index in [0.717, 1.165) is 41.8 Å². The molecule has 2 aromatic carbocycles. The number of rotatable bonds is 11. The Balaban J connectivity index is 0.937. The lowest BCUT2D eigenvalue weighted by Gasteiger charge is -2.15. The summed E-state index contributed by atoms with van der Waals surface area (Å²) < 4.78 is 5.44. The van der Waals surface area contributed by atoms with Crippen LogP contribution >= 0.6 is 0 Å². The number of ketones is 1. The van der Waals surface area contributed by atoms with E-state index in [0.29, 0.717) is 17.5 Å². The molecule has 44 heavy (non-hydrogen) atoms. The van der Waals surface area contributed by atoms with Gasteiger partial charge < -0.3 is 4.52 Å². The zero-order chi connectivity index (χ0) is 30.3. The molecule has 224 valence electrons. The van der Waals surface area contributed by atoms with E-state index >= 15 is 0 Å². The largest absolute Gasteiger partial charge is 0.361 e. The number of fused-ring (bicyclic) bond motifs is 3. The van der Waals surface area contributed by atoms with Crippen LogP contribution in [0.4, 0.5) is 0 Å². The van der Waals surface area contributed by atoms with Crippen molar-refractivity contribution in [3.8, 4) is 0 Å². The molecular weight excluding hydrogens is 542 g/mol. The van der Waals surface area contributed by atoms with Gasteiger partial charge in [-0.2, -0.15) is 0 Å². The SMILES string of the molecule is CC(C)(C)c1cc(CC(=O)Cc2ccc(C3=CC4C(=N3)Cc3cc(CCC5(CCc6ccccn6)CC5)ccc34)cc2)no1. The number of aryl methyl sites for hydroxylation is 2. The third-order valence-corrected chi connectivity index (χ3v) is 9.73. The Hall–Kier alpha value is -4.12. The van der Waals surface area contributed by atoms with Crippen LogP contribution in [-0.2, 0) is 42.3 Å². The fourth-order valence-electron chi connectivity index (χ4n) is 6.75. The van der Waals surface area contributed by atoms with Gasteiger partial charge in [-0.05, 0) is 90.0 Å². The first-order chi connectivity index (χ1) is 21.2. The van der Waals surface area contributed by atoms with E-state index in [9.17, 15) is 4.79 Å². The molecule has 7 rings (SSSR count). The van der Waals surface area contributed by atoms with Crippen molar-refractivity contribution in [1.82, 2.24) is 10.1 Å². The molecule has 0 N–H and O–H groups in total. The molecule has 3 aliphatic rings. The van der Waals surface area contributed by atoms with Crippen LogP contribution in [-0.4, -0.2) is 21.6 Å². The van der Waals surface area contributed by atoms with E-state index in [1.807, 2.05) is 18.3 Å². The molecule has 1 unspecified atom stereocenters. The van der Waals surface area contributed by atoms with Crippen molar-refractivity contribution < 1.29 is 9.32 Å². The highest BCUT2D eigenvalue weighted by atomic mass is 16.5. The zero-order valence-electron chi connectivity index (χ0n) is 26.1. The number of carbonyl (C=O) groups is 1. The Morgan fingerprint density at radius 1 is 0.909 bits per heavy atom. The third-order valence-electron chi connectivity index (χ3n) is 9.73. The van der Waals surface area contributed by atoms with Crippen molar-refractivity contribution in [3.63, 3.8) is 0 Å². The van der Waals surface area contributed by atoms with Gasteiger partial charge in [-0.15, -0.1) is 0 Å². The molecule has 4 aromatic rings. The van der Waals surface area contributed by atoms with Gasteiger partial charge in [0, 0.05) is 47.8 Å². The summed E-state index contributed by atoms with van der Waals surface area (Å²) in [6.07, 6.45) is 13.3. The first kappa shape index (κ1) is 28.6. The Morgan fingerprint density at radius 2 is 1.70 bits per heavy atom. The summed E-state index contributed by atoms with van der Waals surface area (Å²) >= 11 is 0. The molecule has 1 aliphatic heterocycles. The van der Waals surface area contributed by atoms with Crippen LogP contribution in [0, 0.1) is 5.41 Å². The van der Waals surface area contributed by atoms with Gasteiger partial charge in [0.15, 0.2) is 0 Å². The highest BCUT2D eigenvalue weighted by Crippen LogP contribution is 2.53. The summed E-state index contributed by atoms with van der Waals surface area (Å²) in [4.78, 5) is 22.3. The average molecular weight is 584 g/mol. The second-order valence-electron chi connectivity index (χ2n) is 14.2. The fraction of sp³-hybridized carbons (Fsp3) is 0.385. The lowest BCUT2D eigenvalue weighted by molar-refractivity contribution is -0.117. The van der Waals surface area contributed by atoms with Gasteiger partial charge in [-0.1, -0.05) is 74.5 Å².